The molecule has 1 saturated heterocycles. The summed E-state index contributed by atoms with van der Waals surface area (Å²) in [5, 5.41) is 0. The zero-order chi connectivity index (χ0) is 5.98. The van der Waals surface area contributed by atoms with Gasteiger partial charge in [0.25, 0.3) is 0 Å². The number of esters is 1. The molecule has 0 aromatic carbocycles. The Hall–Kier alpha value is -0.790. The Labute approximate surface area is 48.1 Å². The van der Waals surface area contributed by atoms with E-state index < -0.39 is 0 Å². The summed E-state index contributed by atoms with van der Waals surface area (Å²) in [7, 11) is 0. The Morgan fingerprint density at radius 3 is 2.88 bits per heavy atom. The lowest BCUT2D eigenvalue weighted by Crippen LogP contribution is -2.02. The van der Waals surface area contributed by atoms with E-state index >= 15 is 0 Å². The fourth-order valence-electron chi connectivity index (χ4n) is 0.725. The minimum absolute atomic E-state index is 0.0324. The van der Waals surface area contributed by atoms with Crippen molar-refractivity contribution in [2.24, 2.45) is 5.92 Å². The van der Waals surface area contributed by atoms with Gasteiger partial charge >= 0.3 is 5.97 Å². The van der Waals surface area contributed by atoms with Gasteiger partial charge in [-0.25, -0.2) is 0 Å². The highest BCUT2D eigenvalue weighted by Gasteiger charge is 2.22. The third-order valence-electron chi connectivity index (χ3n) is 1.26. The fraction of sp³-hybridized carbons (Fsp3) is 0.500. The molecule has 2 nitrogen and oxygen atoms in total. The molecule has 1 aliphatic heterocycles. The molecule has 0 aromatic heterocycles. The third kappa shape index (κ3) is 0.735. The standard InChI is InChI=1S/C6H8O2/c1-2-5-3-4-8-6(5)7/h2,5H,1,3-4H2/t5-/m0/s1. The van der Waals surface area contributed by atoms with E-state index in [0.717, 1.165) is 6.42 Å². The molecule has 0 amide bonds. The van der Waals surface area contributed by atoms with Crippen molar-refractivity contribution in [3.63, 3.8) is 0 Å². The molecular weight excluding hydrogens is 104 g/mol. The van der Waals surface area contributed by atoms with Crippen LogP contribution in [0, 0.1) is 5.92 Å². The number of carbonyl (C=O) groups is 1. The normalized spacial score (nSPS) is 27.5. The first-order chi connectivity index (χ1) is 3.84. The molecule has 0 bridgehead atoms. The SMILES string of the molecule is C=C[C@H]1CCOC1=O. The van der Waals surface area contributed by atoms with Crippen LogP contribution in [0.4, 0.5) is 0 Å². The van der Waals surface area contributed by atoms with Crippen molar-refractivity contribution in [3.05, 3.63) is 12.7 Å². The van der Waals surface area contributed by atoms with Gasteiger partial charge in [0.05, 0.1) is 12.5 Å². The summed E-state index contributed by atoms with van der Waals surface area (Å²) in [6.07, 6.45) is 2.44. The molecule has 0 aliphatic carbocycles. The van der Waals surface area contributed by atoms with E-state index in [1.54, 1.807) is 6.08 Å². The van der Waals surface area contributed by atoms with Gasteiger partial charge in [-0.15, -0.1) is 6.58 Å². The van der Waals surface area contributed by atoms with Gasteiger partial charge in [-0.2, -0.15) is 0 Å². The second kappa shape index (κ2) is 1.99. The van der Waals surface area contributed by atoms with Crippen molar-refractivity contribution in [1.29, 1.82) is 0 Å². The highest BCUT2D eigenvalue weighted by atomic mass is 16.5. The summed E-state index contributed by atoms with van der Waals surface area (Å²) >= 11 is 0. The molecule has 0 radical (unpaired) electrons. The molecule has 1 atom stereocenters. The lowest BCUT2D eigenvalue weighted by atomic mass is 10.1. The van der Waals surface area contributed by atoms with Crippen LogP contribution in [-0.4, -0.2) is 12.6 Å². The molecule has 0 spiro atoms. The average Bonchev–Trinajstić information content (AvgIpc) is 2.14. The van der Waals surface area contributed by atoms with Gasteiger partial charge in [0, 0.05) is 0 Å². The molecule has 1 heterocycles. The Bertz CT molecular complexity index is 118. The summed E-state index contributed by atoms with van der Waals surface area (Å²) < 4.78 is 4.65. The maximum Gasteiger partial charge on any atom is 0.312 e. The van der Waals surface area contributed by atoms with E-state index in [4.69, 9.17) is 0 Å². The summed E-state index contributed by atoms with van der Waals surface area (Å²) in [6.45, 7) is 4.06. The van der Waals surface area contributed by atoms with Gasteiger partial charge in [-0.3, -0.25) is 4.79 Å². The van der Waals surface area contributed by atoms with Crippen LogP contribution in [0.15, 0.2) is 12.7 Å². The van der Waals surface area contributed by atoms with Crippen LogP contribution in [0.25, 0.3) is 0 Å². The number of carbonyl (C=O) groups excluding carboxylic acids is 1. The summed E-state index contributed by atoms with van der Waals surface area (Å²) in [6, 6.07) is 0. The van der Waals surface area contributed by atoms with Gasteiger partial charge < -0.3 is 4.74 Å². The lowest BCUT2D eigenvalue weighted by molar-refractivity contribution is -0.140. The maximum absolute atomic E-state index is 10.5. The fourth-order valence-corrected chi connectivity index (χ4v) is 0.725. The average molecular weight is 112 g/mol. The van der Waals surface area contributed by atoms with E-state index in [1.807, 2.05) is 0 Å². The van der Waals surface area contributed by atoms with E-state index in [1.165, 1.54) is 0 Å². The van der Waals surface area contributed by atoms with Gasteiger partial charge in [0.2, 0.25) is 0 Å². The van der Waals surface area contributed by atoms with E-state index in [9.17, 15) is 4.79 Å². The first-order valence-electron chi connectivity index (χ1n) is 2.64. The molecule has 0 unspecified atom stereocenters. The Balaban J connectivity index is 2.54. The molecule has 1 fully saturated rings. The van der Waals surface area contributed by atoms with Crippen molar-refractivity contribution in [2.45, 2.75) is 6.42 Å². The third-order valence-corrected chi connectivity index (χ3v) is 1.26. The van der Waals surface area contributed by atoms with Gasteiger partial charge in [-0.1, -0.05) is 6.08 Å². The van der Waals surface area contributed by atoms with Crippen molar-refractivity contribution >= 4 is 5.97 Å². The monoisotopic (exact) mass is 112 g/mol. The predicted octanol–water partition coefficient (Wildman–Crippen LogP) is 0.736. The largest absolute Gasteiger partial charge is 0.465 e. The van der Waals surface area contributed by atoms with E-state index in [-0.39, 0.29) is 11.9 Å². The van der Waals surface area contributed by atoms with Crippen molar-refractivity contribution in [3.8, 4) is 0 Å². The quantitative estimate of drug-likeness (QED) is 0.369. The van der Waals surface area contributed by atoms with Gasteiger partial charge in [0.1, 0.15) is 0 Å². The van der Waals surface area contributed by atoms with Crippen molar-refractivity contribution in [1.82, 2.24) is 0 Å². The number of ether oxygens (including phenoxy) is 1. The zero-order valence-electron chi connectivity index (χ0n) is 4.59. The molecular formula is C6H8O2. The minimum Gasteiger partial charge on any atom is -0.465 e. The highest BCUT2D eigenvalue weighted by Crippen LogP contribution is 2.13. The predicted molar refractivity (Wildman–Crippen MR) is 29.3 cm³/mol. The van der Waals surface area contributed by atoms with Crippen LogP contribution in [-0.2, 0) is 9.53 Å². The van der Waals surface area contributed by atoms with Crippen LogP contribution in [0.2, 0.25) is 0 Å². The number of hydrogen-bond donors (Lipinski definition) is 0. The van der Waals surface area contributed by atoms with Crippen LogP contribution in [0.1, 0.15) is 6.42 Å². The summed E-state index contributed by atoms with van der Waals surface area (Å²) in [5.74, 6) is -0.157. The van der Waals surface area contributed by atoms with Gasteiger partial charge in [0.15, 0.2) is 0 Å². The second-order valence-corrected chi connectivity index (χ2v) is 1.80. The van der Waals surface area contributed by atoms with Crippen LogP contribution < -0.4 is 0 Å². The Morgan fingerprint density at radius 2 is 2.62 bits per heavy atom. The minimum atomic E-state index is -0.125. The zero-order valence-corrected chi connectivity index (χ0v) is 4.59. The molecule has 0 saturated carbocycles. The molecule has 0 aromatic rings. The van der Waals surface area contributed by atoms with Crippen LogP contribution >= 0.6 is 0 Å². The van der Waals surface area contributed by atoms with Crippen molar-refractivity contribution < 1.29 is 9.53 Å². The van der Waals surface area contributed by atoms with Crippen LogP contribution in [0.5, 0.6) is 0 Å². The first kappa shape index (κ1) is 5.35. The maximum atomic E-state index is 10.5. The Kier molecular flexibility index (Phi) is 1.33. The number of cyclic esters (lactones) is 1. The topological polar surface area (TPSA) is 26.3 Å². The molecule has 44 valence electrons. The van der Waals surface area contributed by atoms with Gasteiger partial charge in [-0.05, 0) is 6.42 Å². The lowest BCUT2D eigenvalue weighted by Gasteiger charge is -1.91. The molecule has 1 rings (SSSR count). The summed E-state index contributed by atoms with van der Waals surface area (Å²) in [4.78, 5) is 10.5. The molecule has 2 heteroatoms. The molecule has 8 heavy (non-hydrogen) atoms. The van der Waals surface area contributed by atoms with E-state index in [0.29, 0.717) is 6.61 Å². The van der Waals surface area contributed by atoms with E-state index in [2.05, 4.69) is 11.3 Å². The smallest absolute Gasteiger partial charge is 0.312 e. The number of hydrogen-bond acceptors (Lipinski definition) is 2. The number of rotatable bonds is 1. The summed E-state index contributed by atoms with van der Waals surface area (Å²) in [5.41, 5.74) is 0. The first-order valence-corrected chi connectivity index (χ1v) is 2.64. The second-order valence-electron chi connectivity index (χ2n) is 1.80. The Morgan fingerprint density at radius 1 is 1.88 bits per heavy atom. The highest BCUT2D eigenvalue weighted by molar-refractivity contribution is 5.75. The van der Waals surface area contributed by atoms with Crippen molar-refractivity contribution in [2.75, 3.05) is 6.61 Å². The molecule has 1 aliphatic rings. The van der Waals surface area contributed by atoms with Crippen LogP contribution in [0.3, 0.4) is 0 Å². The molecule has 0 N–H and O–H groups in total.